The van der Waals surface area contributed by atoms with Gasteiger partial charge in [-0.05, 0) is 30.8 Å². The van der Waals surface area contributed by atoms with E-state index in [9.17, 15) is 0 Å². The molecular weight excluding hydrogens is 238 g/mol. The van der Waals surface area contributed by atoms with Crippen LogP contribution in [0.25, 0.3) is 5.69 Å². The fraction of sp³-hybridized carbons (Fsp3) is 0.250. The van der Waals surface area contributed by atoms with Gasteiger partial charge in [0.25, 0.3) is 0 Å². The van der Waals surface area contributed by atoms with Gasteiger partial charge in [-0.1, -0.05) is 11.6 Å². The highest BCUT2D eigenvalue weighted by Gasteiger charge is 2.05. The predicted octanol–water partition coefficient (Wildman–Crippen LogP) is 2.04. The summed E-state index contributed by atoms with van der Waals surface area (Å²) in [7, 11) is 1.59. The number of nitrogens with zero attached hydrogens (tertiary/aromatic N) is 2. The lowest BCUT2D eigenvalue weighted by Crippen LogP contribution is -2.04. The number of hydrogen-bond donors (Lipinski definition) is 1. The highest BCUT2D eigenvalue weighted by atomic mass is 35.5. The minimum Gasteiger partial charge on any atom is -0.495 e. The Morgan fingerprint density at radius 1 is 1.41 bits per heavy atom. The van der Waals surface area contributed by atoms with Gasteiger partial charge in [0.15, 0.2) is 0 Å². The maximum Gasteiger partial charge on any atom is 0.137 e. The summed E-state index contributed by atoms with van der Waals surface area (Å²) in [6, 6.07) is 7.50. The van der Waals surface area contributed by atoms with Gasteiger partial charge < -0.3 is 10.5 Å². The van der Waals surface area contributed by atoms with Gasteiger partial charge in [-0.2, -0.15) is 5.10 Å². The monoisotopic (exact) mass is 251 g/mol. The van der Waals surface area contributed by atoms with E-state index < -0.39 is 0 Å². The van der Waals surface area contributed by atoms with Gasteiger partial charge in [0.1, 0.15) is 5.75 Å². The van der Waals surface area contributed by atoms with Crippen LogP contribution in [0.1, 0.15) is 5.69 Å². The van der Waals surface area contributed by atoms with Crippen molar-refractivity contribution in [2.45, 2.75) is 6.42 Å². The van der Waals surface area contributed by atoms with Crippen molar-refractivity contribution in [2.24, 2.45) is 5.73 Å². The van der Waals surface area contributed by atoms with E-state index in [1.165, 1.54) is 0 Å². The van der Waals surface area contributed by atoms with Crippen molar-refractivity contribution < 1.29 is 4.74 Å². The molecule has 0 unspecified atom stereocenters. The van der Waals surface area contributed by atoms with Crippen molar-refractivity contribution in [2.75, 3.05) is 13.7 Å². The van der Waals surface area contributed by atoms with E-state index in [0.29, 0.717) is 17.3 Å². The molecule has 1 heterocycles. The van der Waals surface area contributed by atoms with E-state index in [1.54, 1.807) is 11.8 Å². The second-order valence-corrected chi connectivity index (χ2v) is 4.02. The topological polar surface area (TPSA) is 53.1 Å². The van der Waals surface area contributed by atoms with Gasteiger partial charge in [-0.25, -0.2) is 4.68 Å². The molecule has 0 radical (unpaired) electrons. The zero-order valence-electron chi connectivity index (χ0n) is 9.56. The number of methoxy groups -OCH3 is 1. The molecule has 0 aliphatic heterocycles. The first-order valence-corrected chi connectivity index (χ1v) is 5.71. The average molecular weight is 252 g/mol. The van der Waals surface area contributed by atoms with Crippen LogP contribution >= 0.6 is 11.6 Å². The first-order chi connectivity index (χ1) is 8.24. The molecule has 1 aromatic carbocycles. The Morgan fingerprint density at radius 2 is 2.24 bits per heavy atom. The number of nitrogens with two attached hydrogens (primary N) is 1. The third kappa shape index (κ3) is 2.60. The molecular formula is C12H14ClN3O. The lowest BCUT2D eigenvalue weighted by Gasteiger charge is -2.06. The average Bonchev–Trinajstić information content (AvgIpc) is 2.78. The maximum atomic E-state index is 6.06. The lowest BCUT2D eigenvalue weighted by atomic mass is 10.3. The summed E-state index contributed by atoms with van der Waals surface area (Å²) in [5.74, 6) is 0.657. The second-order valence-electron chi connectivity index (χ2n) is 3.61. The Bertz CT molecular complexity index is 510. The third-order valence-corrected chi connectivity index (χ3v) is 2.74. The second kappa shape index (κ2) is 5.21. The Morgan fingerprint density at radius 3 is 2.88 bits per heavy atom. The molecule has 90 valence electrons. The van der Waals surface area contributed by atoms with Crippen LogP contribution in [-0.2, 0) is 6.42 Å². The minimum absolute atomic E-state index is 0.570. The minimum atomic E-state index is 0.570. The normalized spacial score (nSPS) is 10.5. The van der Waals surface area contributed by atoms with Crippen molar-refractivity contribution in [3.8, 4) is 11.4 Å². The SMILES string of the molecule is COc1ccc(-n2ccc(CCN)n2)cc1Cl. The van der Waals surface area contributed by atoms with Crippen molar-refractivity contribution in [1.29, 1.82) is 0 Å². The molecule has 0 saturated carbocycles. The van der Waals surface area contributed by atoms with Crippen molar-refractivity contribution in [3.05, 3.63) is 41.2 Å². The molecule has 17 heavy (non-hydrogen) atoms. The van der Waals surface area contributed by atoms with Gasteiger partial charge in [-0.15, -0.1) is 0 Å². The van der Waals surface area contributed by atoms with Crippen molar-refractivity contribution in [1.82, 2.24) is 9.78 Å². The van der Waals surface area contributed by atoms with E-state index >= 15 is 0 Å². The molecule has 2 N–H and O–H groups in total. The Labute approximate surface area is 105 Å². The van der Waals surface area contributed by atoms with Gasteiger partial charge in [-0.3, -0.25) is 0 Å². The standard InChI is InChI=1S/C12H14ClN3O/c1-17-12-3-2-10(8-11(12)13)16-7-5-9(15-16)4-6-14/h2-3,5,7-8H,4,6,14H2,1H3. The number of hydrogen-bond acceptors (Lipinski definition) is 3. The van der Waals surface area contributed by atoms with Gasteiger partial charge in [0.2, 0.25) is 0 Å². The number of aromatic nitrogens is 2. The van der Waals surface area contributed by atoms with Gasteiger partial charge in [0, 0.05) is 12.6 Å². The smallest absolute Gasteiger partial charge is 0.137 e. The summed E-state index contributed by atoms with van der Waals surface area (Å²) in [5, 5.41) is 4.97. The third-order valence-electron chi connectivity index (χ3n) is 2.44. The zero-order valence-corrected chi connectivity index (χ0v) is 10.3. The molecule has 5 heteroatoms. The fourth-order valence-electron chi connectivity index (χ4n) is 1.58. The molecule has 2 aromatic rings. The Hall–Kier alpha value is -1.52. The molecule has 0 fully saturated rings. The van der Waals surface area contributed by atoms with E-state index in [0.717, 1.165) is 17.8 Å². The summed E-state index contributed by atoms with van der Waals surface area (Å²) >= 11 is 6.06. The quantitative estimate of drug-likeness (QED) is 0.905. The fourth-order valence-corrected chi connectivity index (χ4v) is 1.84. The number of rotatable bonds is 4. The highest BCUT2D eigenvalue weighted by molar-refractivity contribution is 6.32. The van der Waals surface area contributed by atoms with E-state index in [1.807, 2.05) is 30.5 Å². The van der Waals surface area contributed by atoms with E-state index in [2.05, 4.69) is 5.10 Å². The Balaban J connectivity index is 2.29. The molecule has 4 nitrogen and oxygen atoms in total. The van der Waals surface area contributed by atoms with Crippen LogP contribution in [0, 0.1) is 0 Å². The number of halogens is 1. The van der Waals surface area contributed by atoms with Crippen molar-refractivity contribution >= 4 is 11.6 Å². The van der Waals surface area contributed by atoms with Crippen LogP contribution in [0.3, 0.4) is 0 Å². The van der Waals surface area contributed by atoms with Crippen LogP contribution in [0.15, 0.2) is 30.5 Å². The van der Waals surface area contributed by atoms with E-state index in [-0.39, 0.29) is 0 Å². The molecule has 2 rings (SSSR count). The highest BCUT2D eigenvalue weighted by Crippen LogP contribution is 2.26. The number of benzene rings is 1. The molecule has 0 atom stereocenters. The van der Waals surface area contributed by atoms with Crippen LogP contribution in [-0.4, -0.2) is 23.4 Å². The first-order valence-electron chi connectivity index (χ1n) is 5.33. The van der Waals surface area contributed by atoms with Crippen LogP contribution < -0.4 is 10.5 Å². The zero-order chi connectivity index (χ0) is 12.3. The van der Waals surface area contributed by atoms with Crippen molar-refractivity contribution in [3.63, 3.8) is 0 Å². The largest absolute Gasteiger partial charge is 0.495 e. The summed E-state index contributed by atoms with van der Waals surface area (Å²) in [4.78, 5) is 0. The molecule has 0 aliphatic rings. The number of ether oxygens (including phenoxy) is 1. The summed E-state index contributed by atoms with van der Waals surface area (Å²) in [6.07, 6.45) is 2.67. The molecule has 0 bridgehead atoms. The summed E-state index contributed by atoms with van der Waals surface area (Å²) in [5.41, 5.74) is 7.36. The molecule has 1 aromatic heterocycles. The Kier molecular flexibility index (Phi) is 3.66. The molecule has 0 aliphatic carbocycles. The molecule has 0 spiro atoms. The van der Waals surface area contributed by atoms with Gasteiger partial charge in [0.05, 0.1) is 23.5 Å². The van der Waals surface area contributed by atoms with Crippen LogP contribution in [0.4, 0.5) is 0 Å². The first kappa shape index (κ1) is 12.0. The summed E-state index contributed by atoms with van der Waals surface area (Å²) < 4.78 is 6.88. The van der Waals surface area contributed by atoms with Gasteiger partial charge >= 0.3 is 0 Å². The van der Waals surface area contributed by atoms with Crippen LogP contribution in [0.5, 0.6) is 5.75 Å². The molecule has 0 amide bonds. The van der Waals surface area contributed by atoms with E-state index in [4.69, 9.17) is 22.1 Å². The van der Waals surface area contributed by atoms with Crippen LogP contribution in [0.2, 0.25) is 5.02 Å². The lowest BCUT2D eigenvalue weighted by molar-refractivity contribution is 0.415. The molecule has 0 saturated heterocycles. The predicted molar refractivity (Wildman–Crippen MR) is 67.9 cm³/mol. The summed E-state index contributed by atoms with van der Waals surface area (Å²) in [6.45, 7) is 0.598. The maximum absolute atomic E-state index is 6.06.